The molecule has 6 nitrogen and oxygen atoms in total. The quantitative estimate of drug-likeness (QED) is 0.0262. The molecule has 0 radical (unpaired) electrons. The van der Waals surface area contributed by atoms with Crippen molar-refractivity contribution < 1.29 is 28.6 Å². The van der Waals surface area contributed by atoms with Gasteiger partial charge in [0, 0.05) is 19.3 Å². The molecule has 0 amide bonds. The van der Waals surface area contributed by atoms with E-state index < -0.39 is 6.10 Å². The predicted molar refractivity (Wildman–Crippen MR) is 297 cm³/mol. The summed E-state index contributed by atoms with van der Waals surface area (Å²) in [6.45, 7) is 6.44. The molecular formula is C63H104O6. The van der Waals surface area contributed by atoms with Crippen LogP contribution < -0.4 is 0 Å². The molecule has 0 aliphatic carbocycles. The van der Waals surface area contributed by atoms with E-state index >= 15 is 0 Å². The molecule has 0 bridgehead atoms. The maximum Gasteiger partial charge on any atom is 0.306 e. The van der Waals surface area contributed by atoms with Gasteiger partial charge in [-0.1, -0.05) is 233 Å². The second-order valence-corrected chi connectivity index (χ2v) is 18.5. The molecule has 6 heteroatoms. The largest absolute Gasteiger partial charge is 0.462 e. The van der Waals surface area contributed by atoms with Crippen LogP contribution in [0.15, 0.2) is 109 Å². The van der Waals surface area contributed by atoms with Crippen molar-refractivity contribution in [2.24, 2.45) is 0 Å². The molecule has 69 heavy (non-hydrogen) atoms. The minimum Gasteiger partial charge on any atom is -0.462 e. The fourth-order valence-electron chi connectivity index (χ4n) is 7.51. The van der Waals surface area contributed by atoms with Crippen LogP contribution in [0.4, 0.5) is 0 Å². The number of rotatable bonds is 50. The minimum atomic E-state index is -0.786. The lowest BCUT2D eigenvalue weighted by atomic mass is 10.1. The molecule has 0 saturated carbocycles. The molecule has 0 heterocycles. The Kier molecular flexibility index (Phi) is 53.4. The number of ether oxygens (including phenoxy) is 3. The first kappa shape index (κ1) is 65.1. The van der Waals surface area contributed by atoms with E-state index in [1.54, 1.807) is 0 Å². The molecule has 392 valence electrons. The first-order chi connectivity index (χ1) is 34.0. The number of esters is 3. The van der Waals surface area contributed by atoms with Gasteiger partial charge in [0.25, 0.3) is 0 Å². The molecule has 1 atom stereocenters. The first-order valence-electron chi connectivity index (χ1n) is 28.4. The predicted octanol–water partition coefficient (Wildman–Crippen LogP) is 19.1. The van der Waals surface area contributed by atoms with E-state index in [0.29, 0.717) is 19.3 Å². The van der Waals surface area contributed by atoms with E-state index in [0.717, 1.165) is 135 Å². The number of carbonyl (C=O) groups excluding carboxylic acids is 3. The Hall–Kier alpha value is -3.93. The van der Waals surface area contributed by atoms with Gasteiger partial charge >= 0.3 is 17.9 Å². The molecule has 0 aromatic heterocycles. The zero-order valence-corrected chi connectivity index (χ0v) is 44.8. The molecular weight excluding hydrogens is 853 g/mol. The van der Waals surface area contributed by atoms with Crippen LogP contribution in [0.5, 0.6) is 0 Å². The fraction of sp³-hybridized carbons (Fsp3) is 0.667. The van der Waals surface area contributed by atoms with Crippen LogP contribution in [0.1, 0.15) is 252 Å². The minimum absolute atomic E-state index is 0.0855. The summed E-state index contributed by atoms with van der Waals surface area (Å²) in [6.07, 6.45) is 76.7. The lowest BCUT2D eigenvalue weighted by Gasteiger charge is -2.18. The highest BCUT2D eigenvalue weighted by Gasteiger charge is 2.19. The summed E-state index contributed by atoms with van der Waals surface area (Å²) in [5, 5.41) is 0. The van der Waals surface area contributed by atoms with Crippen LogP contribution in [0.3, 0.4) is 0 Å². The van der Waals surface area contributed by atoms with Crippen LogP contribution in [0, 0.1) is 0 Å². The van der Waals surface area contributed by atoms with Crippen LogP contribution in [-0.4, -0.2) is 37.2 Å². The van der Waals surface area contributed by atoms with Gasteiger partial charge in [0.15, 0.2) is 6.10 Å². The maximum absolute atomic E-state index is 12.8. The van der Waals surface area contributed by atoms with E-state index in [2.05, 4.69) is 130 Å². The molecule has 0 spiro atoms. The Morgan fingerprint density at radius 3 is 0.928 bits per heavy atom. The van der Waals surface area contributed by atoms with Crippen molar-refractivity contribution in [1.82, 2.24) is 0 Å². The topological polar surface area (TPSA) is 78.9 Å². The van der Waals surface area contributed by atoms with Gasteiger partial charge in [-0.3, -0.25) is 14.4 Å². The van der Waals surface area contributed by atoms with Gasteiger partial charge in [-0.15, -0.1) is 0 Å². The third kappa shape index (κ3) is 54.9. The van der Waals surface area contributed by atoms with E-state index in [9.17, 15) is 14.4 Å². The smallest absolute Gasteiger partial charge is 0.306 e. The number of hydrogen-bond donors (Lipinski definition) is 0. The van der Waals surface area contributed by atoms with Crippen molar-refractivity contribution in [2.75, 3.05) is 13.2 Å². The third-order valence-corrected chi connectivity index (χ3v) is 11.8. The van der Waals surface area contributed by atoms with Crippen LogP contribution in [-0.2, 0) is 28.6 Å². The summed E-state index contributed by atoms with van der Waals surface area (Å²) in [6, 6.07) is 0. The molecule has 0 aromatic carbocycles. The SMILES string of the molecule is CC/C=C\C/C=C\C/C=C\C/C=C\C/C=C\C/C=C\C/C=C\C/C=C\CCCCCCCCC(=O)OCC(COC(=O)CCCCCCCCCC)OC(=O)CCCCCCC/C=C\CCCCC. The number of hydrogen-bond acceptors (Lipinski definition) is 6. The highest BCUT2D eigenvalue weighted by Crippen LogP contribution is 2.14. The van der Waals surface area contributed by atoms with Gasteiger partial charge in [-0.25, -0.2) is 0 Å². The van der Waals surface area contributed by atoms with Crippen molar-refractivity contribution in [2.45, 2.75) is 258 Å². The third-order valence-electron chi connectivity index (χ3n) is 11.8. The first-order valence-corrected chi connectivity index (χ1v) is 28.4. The van der Waals surface area contributed by atoms with Gasteiger partial charge in [0.05, 0.1) is 0 Å². The number of allylic oxidation sites excluding steroid dienone is 18. The summed E-state index contributed by atoms with van der Waals surface area (Å²) in [5.41, 5.74) is 0. The Morgan fingerprint density at radius 2 is 0.565 bits per heavy atom. The maximum atomic E-state index is 12.8. The highest BCUT2D eigenvalue weighted by molar-refractivity contribution is 5.71. The van der Waals surface area contributed by atoms with E-state index in [1.165, 1.54) is 77.0 Å². The summed E-state index contributed by atoms with van der Waals surface area (Å²) in [5.74, 6) is -0.917. The van der Waals surface area contributed by atoms with Gasteiger partial charge in [-0.2, -0.15) is 0 Å². The molecule has 1 unspecified atom stereocenters. The van der Waals surface area contributed by atoms with E-state index in [4.69, 9.17) is 14.2 Å². The second-order valence-electron chi connectivity index (χ2n) is 18.5. The molecule has 0 aliphatic rings. The zero-order chi connectivity index (χ0) is 50.0. The summed E-state index contributed by atoms with van der Waals surface area (Å²) in [4.78, 5) is 37.9. The monoisotopic (exact) mass is 957 g/mol. The zero-order valence-electron chi connectivity index (χ0n) is 44.8. The Bertz CT molecular complexity index is 1420. The standard InChI is InChI=1S/C63H104O6/c1-4-7-10-13-16-19-21-23-24-25-26-27-28-29-30-31-32-33-34-35-36-37-38-39-40-41-43-44-47-50-53-56-62(65)68-59-60(58-67-61(64)55-52-49-46-18-15-12-9-6-3)69-63(66)57-54-51-48-45-42-22-20-17-14-11-8-5-2/h7,10,16-17,19-20,23-24,26-27,29-30,32-33,35-36,38-39,60H,4-6,8-9,11-15,18,21-22,25,28,31,34,37,40-59H2,1-3H3/b10-7-,19-16-,20-17-,24-23-,27-26-,30-29-,33-32-,36-35-,39-38-. The van der Waals surface area contributed by atoms with Gasteiger partial charge in [0.2, 0.25) is 0 Å². The molecule has 0 aliphatic heterocycles. The van der Waals surface area contributed by atoms with Crippen molar-refractivity contribution in [3.8, 4) is 0 Å². The summed E-state index contributed by atoms with van der Waals surface area (Å²) in [7, 11) is 0. The van der Waals surface area contributed by atoms with Gasteiger partial charge in [-0.05, 0) is 109 Å². The second kappa shape index (κ2) is 56.7. The van der Waals surface area contributed by atoms with Gasteiger partial charge < -0.3 is 14.2 Å². The lowest BCUT2D eigenvalue weighted by molar-refractivity contribution is -0.167. The van der Waals surface area contributed by atoms with Crippen molar-refractivity contribution in [1.29, 1.82) is 0 Å². The van der Waals surface area contributed by atoms with Crippen LogP contribution in [0.2, 0.25) is 0 Å². The number of unbranched alkanes of at least 4 members (excludes halogenated alkanes) is 21. The number of carbonyl (C=O) groups is 3. The Labute approximate surface area is 425 Å². The molecule has 0 aromatic rings. The molecule has 0 N–H and O–H groups in total. The van der Waals surface area contributed by atoms with Crippen molar-refractivity contribution >= 4 is 17.9 Å². The average Bonchev–Trinajstić information content (AvgIpc) is 3.35. The van der Waals surface area contributed by atoms with Crippen LogP contribution in [0.25, 0.3) is 0 Å². The van der Waals surface area contributed by atoms with Crippen molar-refractivity contribution in [3.63, 3.8) is 0 Å². The van der Waals surface area contributed by atoms with E-state index in [-0.39, 0.29) is 31.1 Å². The molecule has 0 saturated heterocycles. The molecule has 0 fully saturated rings. The fourth-order valence-corrected chi connectivity index (χ4v) is 7.51. The Balaban J connectivity index is 4.19. The average molecular weight is 958 g/mol. The summed E-state index contributed by atoms with van der Waals surface area (Å²) < 4.78 is 16.7. The van der Waals surface area contributed by atoms with Crippen molar-refractivity contribution in [3.05, 3.63) is 109 Å². The lowest BCUT2D eigenvalue weighted by Crippen LogP contribution is -2.30. The Morgan fingerprint density at radius 1 is 0.304 bits per heavy atom. The highest BCUT2D eigenvalue weighted by atomic mass is 16.6. The summed E-state index contributed by atoms with van der Waals surface area (Å²) >= 11 is 0. The van der Waals surface area contributed by atoms with E-state index in [1.807, 2.05) is 0 Å². The van der Waals surface area contributed by atoms with Gasteiger partial charge in [0.1, 0.15) is 13.2 Å². The van der Waals surface area contributed by atoms with Crippen LogP contribution >= 0.6 is 0 Å². The molecule has 0 rings (SSSR count). The normalized spacial score (nSPS) is 12.9.